The van der Waals surface area contributed by atoms with Crippen LogP contribution in [0.25, 0.3) is 0 Å². The zero-order chi connectivity index (χ0) is 16.7. The third kappa shape index (κ3) is 5.74. The van der Waals surface area contributed by atoms with Crippen molar-refractivity contribution >= 4 is 5.91 Å². The molecule has 2 aromatic carbocycles. The maximum atomic E-state index is 13.1. The lowest BCUT2D eigenvalue weighted by Gasteiger charge is -2.21. The van der Waals surface area contributed by atoms with Crippen molar-refractivity contribution in [2.45, 2.75) is 26.3 Å². The van der Waals surface area contributed by atoms with Gasteiger partial charge < -0.3 is 10.1 Å². The van der Waals surface area contributed by atoms with Gasteiger partial charge in [-0.15, -0.1) is 0 Å². The van der Waals surface area contributed by atoms with Crippen molar-refractivity contribution in [2.24, 2.45) is 5.92 Å². The highest BCUT2D eigenvalue weighted by atomic mass is 19.1. The summed E-state index contributed by atoms with van der Waals surface area (Å²) in [4.78, 5) is 12.1. The summed E-state index contributed by atoms with van der Waals surface area (Å²) in [5, 5.41) is 2.99. The fourth-order valence-corrected chi connectivity index (χ4v) is 2.38. The van der Waals surface area contributed by atoms with E-state index in [9.17, 15) is 9.18 Å². The van der Waals surface area contributed by atoms with Gasteiger partial charge >= 0.3 is 0 Å². The van der Waals surface area contributed by atoms with Gasteiger partial charge in [0, 0.05) is 6.07 Å². The highest BCUT2D eigenvalue weighted by molar-refractivity contribution is 5.78. The first-order valence-electron chi connectivity index (χ1n) is 7.77. The van der Waals surface area contributed by atoms with Crippen LogP contribution < -0.4 is 10.1 Å². The molecule has 0 bridgehead atoms. The lowest BCUT2D eigenvalue weighted by molar-refractivity contribution is -0.124. The van der Waals surface area contributed by atoms with Crippen LogP contribution in [0.5, 0.6) is 5.75 Å². The number of hydrogen-bond donors (Lipinski definition) is 1. The predicted octanol–water partition coefficient (Wildman–Crippen LogP) is 4.11. The molecule has 2 rings (SSSR count). The average Bonchev–Trinajstić information content (AvgIpc) is 2.53. The van der Waals surface area contributed by atoms with Crippen LogP contribution in [0.4, 0.5) is 4.39 Å². The summed E-state index contributed by atoms with van der Waals surface area (Å²) >= 11 is 0. The van der Waals surface area contributed by atoms with E-state index >= 15 is 0 Å². The van der Waals surface area contributed by atoms with E-state index in [1.54, 1.807) is 12.1 Å². The molecule has 0 radical (unpaired) electrons. The molecule has 0 aliphatic carbocycles. The Morgan fingerprint density at radius 2 is 1.87 bits per heavy atom. The molecule has 0 aliphatic rings. The Labute approximate surface area is 136 Å². The first-order valence-corrected chi connectivity index (χ1v) is 7.77. The van der Waals surface area contributed by atoms with Gasteiger partial charge in [-0.05, 0) is 30.0 Å². The Hall–Kier alpha value is -2.36. The van der Waals surface area contributed by atoms with E-state index in [0.717, 1.165) is 12.0 Å². The summed E-state index contributed by atoms with van der Waals surface area (Å²) in [6.07, 6.45) is 0.843. The summed E-state index contributed by atoms with van der Waals surface area (Å²) in [5.41, 5.74) is 1.07. The number of rotatable bonds is 7. The van der Waals surface area contributed by atoms with Gasteiger partial charge in [-0.1, -0.05) is 50.2 Å². The molecule has 0 aromatic heterocycles. The minimum absolute atomic E-state index is 0.0557. The van der Waals surface area contributed by atoms with Crippen molar-refractivity contribution in [3.63, 3.8) is 0 Å². The molecule has 3 nitrogen and oxygen atoms in total. The maximum absolute atomic E-state index is 13.1. The Kier molecular flexibility index (Phi) is 6.15. The highest BCUT2D eigenvalue weighted by Gasteiger charge is 2.16. The quantitative estimate of drug-likeness (QED) is 0.835. The smallest absolute Gasteiger partial charge is 0.258 e. The minimum Gasteiger partial charge on any atom is -0.484 e. The van der Waals surface area contributed by atoms with Crippen LogP contribution in [0.3, 0.4) is 0 Å². The maximum Gasteiger partial charge on any atom is 0.258 e. The second kappa shape index (κ2) is 8.32. The van der Waals surface area contributed by atoms with E-state index in [0.29, 0.717) is 11.7 Å². The van der Waals surface area contributed by atoms with E-state index in [2.05, 4.69) is 19.2 Å². The fraction of sp³-hybridized carbons (Fsp3) is 0.316. The van der Waals surface area contributed by atoms with Crippen molar-refractivity contribution in [3.05, 3.63) is 66.0 Å². The number of ether oxygens (including phenoxy) is 1. The Morgan fingerprint density at radius 3 is 2.52 bits per heavy atom. The largest absolute Gasteiger partial charge is 0.484 e. The molecule has 1 atom stereocenters. The van der Waals surface area contributed by atoms with Gasteiger partial charge in [-0.3, -0.25) is 4.79 Å². The molecule has 0 aliphatic heterocycles. The third-order valence-corrected chi connectivity index (χ3v) is 3.41. The number of nitrogens with one attached hydrogen (secondary N) is 1. The van der Waals surface area contributed by atoms with Crippen molar-refractivity contribution in [2.75, 3.05) is 6.61 Å². The second-order valence-corrected chi connectivity index (χ2v) is 5.91. The van der Waals surface area contributed by atoms with Crippen LogP contribution in [-0.2, 0) is 4.79 Å². The number of carbonyl (C=O) groups excluding carboxylic acids is 1. The van der Waals surface area contributed by atoms with Gasteiger partial charge in [-0.25, -0.2) is 4.39 Å². The van der Waals surface area contributed by atoms with Gasteiger partial charge in [0.15, 0.2) is 6.61 Å². The lowest BCUT2D eigenvalue weighted by Crippen LogP contribution is -2.33. The monoisotopic (exact) mass is 315 g/mol. The molecular formula is C19H22FNO2. The van der Waals surface area contributed by atoms with Crippen molar-refractivity contribution in [1.29, 1.82) is 0 Å². The molecule has 0 spiro atoms. The average molecular weight is 315 g/mol. The van der Waals surface area contributed by atoms with Gasteiger partial charge in [0.25, 0.3) is 5.91 Å². The molecule has 23 heavy (non-hydrogen) atoms. The summed E-state index contributed by atoms with van der Waals surface area (Å²) in [7, 11) is 0. The molecule has 0 unspecified atom stereocenters. The molecule has 2 aromatic rings. The molecule has 0 saturated carbocycles. The number of carbonyl (C=O) groups is 1. The van der Waals surface area contributed by atoms with Crippen molar-refractivity contribution < 1.29 is 13.9 Å². The van der Waals surface area contributed by atoms with E-state index in [-0.39, 0.29) is 24.4 Å². The van der Waals surface area contributed by atoms with Gasteiger partial charge in [0.05, 0.1) is 6.04 Å². The van der Waals surface area contributed by atoms with Crippen molar-refractivity contribution in [3.8, 4) is 5.75 Å². The summed E-state index contributed by atoms with van der Waals surface area (Å²) in [6.45, 7) is 4.10. The standard InChI is InChI=1S/C19H22FNO2/c1-14(2)11-18(15-7-4-3-5-8-15)21-19(22)13-23-17-10-6-9-16(20)12-17/h3-10,12,14,18H,11,13H2,1-2H3,(H,21,22)/t18-/m1/s1. The van der Waals surface area contributed by atoms with Crippen molar-refractivity contribution in [1.82, 2.24) is 5.32 Å². The molecule has 4 heteroatoms. The Bertz CT molecular complexity index is 628. The first-order chi connectivity index (χ1) is 11.0. The van der Waals surface area contributed by atoms with Crippen LogP contribution in [0.2, 0.25) is 0 Å². The number of benzene rings is 2. The van der Waals surface area contributed by atoms with Gasteiger partial charge in [-0.2, -0.15) is 0 Å². The van der Waals surface area contributed by atoms with Crippen LogP contribution in [0.1, 0.15) is 31.9 Å². The predicted molar refractivity (Wildman–Crippen MR) is 88.7 cm³/mol. The van der Waals surface area contributed by atoms with Gasteiger partial charge in [0.2, 0.25) is 0 Å². The second-order valence-electron chi connectivity index (χ2n) is 5.91. The molecule has 1 N–H and O–H groups in total. The first kappa shape index (κ1) is 17.0. The minimum atomic E-state index is -0.384. The summed E-state index contributed by atoms with van der Waals surface area (Å²) in [6, 6.07) is 15.6. The molecule has 122 valence electrons. The zero-order valence-corrected chi connectivity index (χ0v) is 13.5. The van der Waals surface area contributed by atoms with Gasteiger partial charge in [0.1, 0.15) is 11.6 Å². The zero-order valence-electron chi connectivity index (χ0n) is 13.5. The molecule has 0 fully saturated rings. The summed E-state index contributed by atoms with van der Waals surface area (Å²) in [5.74, 6) is 0.193. The van der Waals surface area contributed by atoms with Crippen LogP contribution in [0, 0.1) is 11.7 Å². The Balaban J connectivity index is 1.95. The number of hydrogen-bond acceptors (Lipinski definition) is 2. The molecular weight excluding hydrogens is 293 g/mol. The van der Waals surface area contributed by atoms with Crippen LogP contribution in [0.15, 0.2) is 54.6 Å². The lowest BCUT2D eigenvalue weighted by atomic mass is 9.97. The summed E-state index contributed by atoms with van der Waals surface area (Å²) < 4.78 is 18.4. The molecule has 1 amide bonds. The van der Waals surface area contributed by atoms with E-state index in [1.807, 2.05) is 30.3 Å². The SMILES string of the molecule is CC(C)C[C@@H](NC(=O)COc1cccc(F)c1)c1ccccc1. The topological polar surface area (TPSA) is 38.3 Å². The Morgan fingerprint density at radius 1 is 1.13 bits per heavy atom. The fourth-order valence-electron chi connectivity index (χ4n) is 2.38. The third-order valence-electron chi connectivity index (χ3n) is 3.41. The molecule has 0 heterocycles. The van der Waals surface area contributed by atoms with Crippen LogP contribution >= 0.6 is 0 Å². The number of halogens is 1. The van der Waals surface area contributed by atoms with E-state index in [1.165, 1.54) is 12.1 Å². The van der Waals surface area contributed by atoms with E-state index in [4.69, 9.17) is 4.74 Å². The normalized spacial score (nSPS) is 12.0. The van der Waals surface area contributed by atoms with Crippen LogP contribution in [-0.4, -0.2) is 12.5 Å². The molecule has 0 saturated heterocycles. The highest BCUT2D eigenvalue weighted by Crippen LogP contribution is 2.21. The number of amides is 1. The van der Waals surface area contributed by atoms with E-state index < -0.39 is 0 Å².